The van der Waals surface area contributed by atoms with Gasteiger partial charge in [0.1, 0.15) is 11.5 Å². The van der Waals surface area contributed by atoms with Crippen molar-refractivity contribution >= 4 is 37.8 Å². The average Bonchev–Trinajstić information content (AvgIpc) is 2.62. The molecule has 0 spiro atoms. The first kappa shape index (κ1) is 17.7. The molecule has 0 heterocycles. The van der Waals surface area contributed by atoms with Gasteiger partial charge in [-0.25, -0.2) is 4.79 Å². The Morgan fingerprint density at radius 3 is 2.20 bits per heavy atom. The lowest BCUT2D eigenvalue weighted by molar-refractivity contribution is -0.136. The van der Waals surface area contributed by atoms with Crippen LogP contribution in [0, 0.1) is 0 Å². The fraction of sp³-hybridized carbons (Fsp3) is 0.0500. The number of esters is 1. The third kappa shape index (κ3) is 4.94. The minimum absolute atomic E-state index is 0.166. The van der Waals surface area contributed by atoms with Crippen LogP contribution in [0.1, 0.15) is 0 Å². The molecule has 25 heavy (non-hydrogen) atoms. The Kier molecular flexibility index (Phi) is 5.89. The molecule has 3 rings (SSSR count). The second-order valence-corrected chi connectivity index (χ2v) is 7.00. The summed E-state index contributed by atoms with van der Waals surface area (Å²) in [7, 11) is 0. The molecule has 5 heteroatoms. The smallest absolute Gasteiger partial charge is 0.349 e. The number of hydrogen-bond donors (Lipinski definition) is 0. The number of benzene rings is 3. The van der Waals surface area contributed by atoms with E-state index in [-0.39, 0.29) is 6.61 Å². The van der Waals surface area contributed by atoms with E-state index >= 15 is 0 Å². The highest BCUT2D eigenvalue weighted by Crippen LogP contribution is 2.28. The van der Waals surface area contributed by atoms with Gasteiger partial charge in [-0.2, -0.15) is 0 Å². The summed E-state index contributed by atoms with van der Waals surface area (Å²) in [4.78, 5) is 11.9. The predicted octanol–water partition coefficient (Wildman–Crippen LogP) is 5.86. The summed E-state index contributed by atoms with van der Waals surface area (Å²) in [5.74, 6) is 0.616. The lowest BCUT2D eigenvalue weighted by Gasteiger charge is -2.09. The van der Waals surface area contributed by atoms with Gasteiger partial charge < -0.3 is 9.47 Å². The molecule has 3 aromatic carbocycles. The maximum absolute atomic E-state index is 11.9. The third-order valence-electron chi connectivity index (χ3n) is 3.43. The first-order chi connectivity index (χ1) is 12.1. The monoisotopic (exact) mass is 460 g/mol. The summed E-state index contributed by atoms with van der Waals surface area (Å²) in [6.07, 6.45) is 0. The molecule has 0 saturated carbocycles. The Morgan fingerprint density at radius 1 is 0.840 bits per heavy atom. The summed E-state index contributed by atoms with van der Waals surface area (Å²) in [6.45, 7) is -0.166. The number of rotatable bonds is 5. The number of hydrogen-bond acceptors (Lipinski definition) is 3. The Labute approximate surface area is 162 Å². The predicted molar refractivity (Wildman–Crippen MR) is 105 cm³/mol. The van der Waals surface area contributed by atoms with Gasteiger partial charge in [0.15, 0.2) is 6.61 Å². The maximum Gasteiger partial charge on any atom is 0.349 e. The van der Waals surface area contributed by atoms with Crippen molar-refractivity contribution in [2.24, 2.45) is 0 Å². The number of halogens is 2. The van der Waals surface area contributed by atoms with E-state index in [1.165, 1.54) is 0 Å². The molecule has 0 atom stereocenters. The molecule has 0 aromatic heterocycles. The van der Waals surface area contributed by atoms with Gasteiger partial charge in [-0.3, -0.25) is 0 Å². The zero-order valence-corrected chi connectivity index (χ0v) is 16.3. The van der Waals surface area contributed by atoms with E-state index in [0.29, 0.717) is 11.5 Å². The molecule has 0 unspecified atom stereocenters. The molecule has 3 nitrogen and oxygen atoms in total. The van der Waals surface area contributed by atoms with Crippen molar-refractivity contribution in [2.45, 2.75) is 0 Å². The SMILES string of the molecule is O=C(COc1ccc(Br)cc1Br)Oc1ccc(-c2ccccc2)cc1. The molecule has 0 N–H and O–H groups in total. The van der Waals surface area contributed by atoms with Crippen molar-refractivity contribution in [3.8, 4) is 22.6 Å². The van der Waals surface area contributed by atoms with Crippen LogP contribution in [0.4, 0.5) is 0 Å². The van der Waals surface area contributed by atoms with Crippen LogP contribution in [-0.2, 0) is 4.79 Å². The van der Waals surface area contributed by atoms with Gasteiger partial charge in [0.2, 0.25) is 0 Å². The highest BCUT2D eigenvalue weighted by molar-refractivity contribution is 9.11. The summed E-state index contributed by atoms with van der Waals surface area (Å²) in [5, 5.41) is 0. The largest absolute Gasteiger partial charge is 0.481 e. The summed E-state index contributed by atoms with van der Waals surface area (Å²) in [6, 6.07) is 22.9. The first-order valence-corrected chi connectivity index (χ1v) is 9.14. The molecule has 3 aromatic rings. The molecular weight excluding hydrogens is 448 g/mol. The Bertz CT molecular complexity index is 862. The molecule has 0 aliphatic heterocycles. The fourth-order valence-corrected chi connectivity index (χ4v) is 3.40. The van der Waals surface area contributed by atoms with E-state index in [9.17, 15) is 4.79 Å². The quantitative estimate of drug-likeness (QED) is 0.352. The van der Waals surface area contributed by atoms with E-state index in [4.69, 9.17) is 9.47 Å². The molecule has 0 amide bonds. The molecule has 0 fully saturated rings. The number of ether oxygens (including phenoxy) is 2. The second-order valence-electron chi connectivity index (χ2n) is 5.23. The lowest BCUT2D eigenvalue weighted by atomic mass is 10.1. The molecule has 0 aliphatic rings. The van der Waals surface area contributed by atoms with E-state index in [1.807, 2.05) is 54.6 Å². The number of carbonyl (C=O) groups is 1. The van der Waals surface area contributed by atoms with Crippen LogP contribution in [0.2, 0.25) is 0 Å². The van der Waals surface area contributed by atoms with Crippen molar-refractivity contribution in [1.29, 1.82) is 0 Å². The fourth-order valence-electron chi connectivity index (χ4n) is 2.24. The average molecular weight is 462 g/mol. The standard InChI is InChI=1S/C20H14Br2O3/c21-16-8-11-19(18(22)12-16)24-13-20(23)25-17-9-6-15(7-10-17)14-4-2-1-3-5-14/h1-12H,13H2. The van der Waals surface area contributed by atoms with Crippen LogP contribution in [0.5, 0.6) is 11.5 Å². The van der Waals surface area contributed by atoms with Crippen LogP contribution in [0.25, 0.3) is 11.1 Å². The summed E-state index contributed by atoms with van der Waals surface area (Å²) in [5.41, 5.74) is 2.18. The van der Waals surface area contributed by atoms with Crippen LogP contribution >= 0.6 is 31.9 Å². The Hall–Kier alpha value is -2.11. The molecule has 0 saturated heterocycles. The van der Waals surface area contributed by atoms with Gasteiger partial charge in [-0.1, -0.05) is 58.4 Å². The van der Waals surface area contributed by atoms with Crippen molar-refractivity contribution in [3.05, 3.63) is 81.7 Å². The lowest BCUT2D eigenvalue weighted by Crippen LogP contribution is -2.17. The van der Waals surface area contributed by atoms with Gasteiger partial charge in [-0.15, -0.1) is 0 Å². The van der Waals surface area contributed by atoms with Gasteiger partial charge >= 0.3 is 5.97 Å². The van der Waals surface area contributed by atoms with Crippen molar-refractivity contribution in [1.82, 2.24) is 0 Å². The second kappa shape index (κ2) is 8.32. The minimum Gasteiger partial charge on any atom is -0.481 e. The molecular formula is C20H14Br2O3. The molecule has 0 aliphatic carbocycles. The topological polar surface area (TPSA) is 35.5 Å². The van der Waals surface area contributed by atoms with E-state index in [2.05, 4.69) is 31.9 Å². The van der Waals surface area contributed by atoms with Gasteiger partial charge in [0.05, 0.1) is 4.47 Å². The zero-order chi connectivity index (χ0) is 17.6. The first-order valence-electron chi connectivity index (χ1n) is 7.56. The van der Waals surface area contributed by atoms with E-state index in [0.717, 1.165) is 20.1 Å². The summed E-state index contributed by atoms with van der Waals surface area (Å²) < 4.78 is 12.5. The van der Waals surface area contributed by atoms with Crippen LogP contribution in [0.3, 0.4) is 0 Å². The molecule has 0 radical (unpaired) electrons. The van der Waals surface area contributed by atoms with Crippen LogP contribution in [0.15, 0.2) is 81.7 Å². The van der Waals surface area contributed by atoms with Crippen molar-refractivity contribution in [3.63, 3.8) is 0 Å². The van der Waals surface area contributed by atoms with Crippen LogP contribution in [-0.4, -0.2) is 12.6 Å². The summed E-state index contributed by atoms with van der Waals surface area (Å²) >= 11 is 6.75. The van der Waals surface area contributed by atoms with Crippen LogP contribution < -0.4 is 9.47 Å². The molecule has 126 valence electrons. The maximum atomic E-state index is 11.9. The number of carbonyl (C=O) groups excluding carboxylic acids is 1. The highest BCUT2D eigenvalue weighted by atomic mass is 79.9. The zero-order valence-electron chi connectivity index (χ0n) is 13.1. The highest BCUT2D eigenvalue weighted by Gasteiger charge is 2.09. The van der Waals surface area contributed by atoms with E-state index < -0.39 is 5.97 Å². The van der Waals surface area contributed by atoms with E-state index in [1.54, 1.807) is 18.2 Å². The molecule has 0 bridgehead atoms. The van der Waals surface area contributed by atoms with Gasteiger partial charge in [0, 0.05) is 4.47 Å². The third-order valence-corrected chi connectivity index (χ3v) is 4.55. The van der Waals surface area contributed by atoms with Gasteiger partial charge in [-0.05, 0) is 57.4 Å². The van der Waals surface area contributed by atoms with Crippen molar-refractivity contribution < 1.29 is 14.3 Å². The Balaban J connectivity index is 1.57. The minimum atomic E-state index is -0.456. The van der Waals surface area contributed by atoms with Crippen molar-refractivity contribution in [2.75, 3.05) is 6.61 Å². The normalized spacial score (nSPS) is 10.3. The Morgan fingerprint density at radius 2 is 1.52 bits per heavy atom. The van der Waals surface area contributed by atoms with Gasteiger partial charge in [0.25, 0.3) is 0 Å².